The lowest BCUT2D eigenvalue weighted by Gasteiger charge is -2.31. The molecule has 0 saturated heterocycles. The van der Waals surface area contributed by atoms with Crippen LogP contribution in [0.4, 0.5) is 0 Å². The van der Waals surface area contributed by atoms with Crippen molar-refractivity contribution in [2.75, 3.05) is 6.54 Å². The summed E-state index contributed by atoms with van der Waals surface area (Å²) in [4.78, 5) is 24.0. The Morgan fingerprint density at radius 1 is 1.33 bits per heavy atom. The molecule has 1 aromatic heterocycles. The van der Waals surface area contributed by atoms with Crippen molar-refractivity contribution >= 4 is 24.2 Å². The Bertz CT molecular complexity index is 551. The maximum atomic E-state index is 12.2. The number of hydrogen-bond donors (Lipinski definition) is 3. The molecule has 2 amide bonds. The minimum absolute atomic E-state index is 0. The molecule has 0 saturated carbocycles. The fraction of sp³-hybridized carbons (Fsp3) is 0.688. The number of nitrogens with zero attached hydrogens (tertiary/aromatic N) is 2. The average molecular weight is 360 g/mol. The van der Waals surface area contributed by atoms with Gasteiger partial charge >= 0.3 is 0 Å². The minimum atomic E-state index is -0.612. The van der Waals surface area contributed by atoms with Crippen LogP contribution in [-0.4, -0.2) is 34.2 Å². The Kier molecular flexibility index (Phi) is 8.43. The van der Waals surface area contributed by atoms with Crippen LogP contribution in [0.15, 0.2) is 12.4 Å². The summed E-state index contributed by atoms with van der Waals surface area (Å²) in [6.07, 6.45) is 3.62. The third-order valence-corrected chi connectivity index (χ3v) is 3.67. The van der Waals surface area contributed by atoms with Crippen LogP contribution in [0, 0.1) is 11.3 Å². The van der Waals surface area contributed by atoms with Gasteiger partial charge in [0.25, 0.3) is 0 Å². The summed E-state index contributed by atoms with van der Waals surface area (Å²) in [5, 5.41) is 9.70. The molecule has 0 fully saturated rings. The first kappa shape index (κ1) is 22.4. The van der Waals surface area contributed by atoms with Gasteiger partial charge in [-0.25, -0.2) is 0 Å². The average Bonchev–Trinajstić information content (AvgIpc) is 2.85. The van der Waals surface area contributed by atoms with Gasteiger partial charge in [-0.3, -0.25) is 14.3 Å². The molecule has 0 bridgehead atoms. The monoisotopic (exact) mass is 359 g/mol. The number of nitrogens with two attached hydrogens (primary N) is 1. The van der Waals surface area contributed by atoms with Gasteiger partial charge in [0.2, 0.25) is 11.8 Å². The first-order valence-corrected chi connectivity index (χ1v) is 7.83. The number of rotatable bonds is 6. The normalized spacial score (nSPS) is 13.8. The number of carbonyl (C=O) groups is 2. The SMILES string of the molecule is CC(C)[C@H](N)C(=O)NCC(=O)NC(c1cnn(C)c1)C(C)(C)C.Cl. The molecule has 0 aromatic carbocycles. The second-order valence-corrected chi connectivity index (χ2v) is 7.30. The smallest absolute Gasteiger partial charge is 0.239 e. The highest BCUT2D eigenvalue weighted by Crippen LogP contribution is 2.32. The van der Waals surface area contributed by atoms with E-state index in [1.807, 2.05) is 47.9 Å². The number of hydrogen-bond acceptors (Lipinski definition) is 4. The quantitative estimate of drug-likeness (QED) is 0.708. The van der Waals surface area contributed by atoms with E-state index >= 15 is 0 Å². The van der Waals surface area contributed by atoms with Gasteiger partial charge in [-0.2, -0.15) is 5.10 Å². The van der Waals surface area contributed by atoms with Crippen molar-refractivity contribution in [1.82, 2.24) is 20.4 Å². The topological polar surface area (TPSA) is 102 Å². The van der Waals surface area contributed by atoms with E-state index in [-0.39, 0.29) is 48.1 Å². The molecule has 0 aliphatic rings. The maximum absolute atomic E-state index is 12.2. The van der Waals surface area contributed by atoms with E-state index in [2.05, 4.69) is 15.7 Å². The molecule has 1 rings (SSSR count). The number of amides is 2. The fourth-order valence-electron chi connectivity index (χ4n) is 2.19. The van der Waals surface area contributed by atoms with Crippen LogP contribution in [0.25, 0.3) is 0 Å². The van der Waals surface area contributed by atoms with Gasteiger partial charge in [-0.1, -0.05) is 34.6 Å². The van der Waals surface area contributed by atoms with Gasteiger partial charge in [0.15, 0.2) is 0 Å². The maximum Gasteiger partial charge on any atom is 0.239 e. The predicted octanol–water partition coefficient (Wildman–Crippen LogP) is 1.14. The lowest BCUT2D eigenvalue weighted by atomic mass is 9.83. The zero-order valence-electron chi connectivity index (χ0n) is 15.3. The molecule has 2 atom stereocenters. The molecular formula is C16H30ClN5O2. The zero-order valence-corrected chi connectivity index (χ0v) is 16.1. The van der Waals surface area contributed by atoms with Crippen molar-refractivity contribution in [2.45, 2.75) is 46.7 Å². The second-order valence-electron chi connectivity index (χ2n) is 7.30. The second kappa shape index (κ2) is 9.03. The van der Waals surface area contributed by atoms with E-state index in [4.69, 9.17) is 5.73 Å². The number of aromatic nitrogens is 2. The van der Waals surface area contributed by atoms with Gasteiger partial charge in [0.1, 0.15) is 0 Å². The zero-order chi connectivity index (χ0) is 17.8. The summed E-state index contributed by atoms with van der Waals surface area (Å²) in [5.74, 6) is -0.544. The summed E-state index contributed by atoms with van der Waals surface area (Å²) in [6.45, 7) is 9.76. The van der Waals surface area contributed by atoms with E-state index in [1.54, 1.807) is 10.9 Å². The van der Waals surface area contributed by atoms with Crippen LogP contribution in [0.5, 0.6) is 0 Å². The van der Waals surface area contributed by atoms with Crippen molar-refractivity contribution in [3.8, 4) is 0 Å². The van der Waals surface area contributed by atoms with Crippen molar-refractivity contribution < 1.29 is 9.59 Å². The van der Waals surface area contributed by atoms with Gasteiger partial charge < -0.3 is 16.4 Å². The highest BCUT2D eigenvalue weighted by molar-refractivity contribution is 5.87. The molecular weight excluding hydrogens is 330 g/mol. The largest absolute Gasteiger partial charge is 0.347 e. The Labute approximate surface area is 150 Å². The number of aryl methyl sites for hydroxylation is 1. The minimum Gasteiger partial charge on any atom is -0.347 e. The van der Waals surface area contributed by atoms with Crippen LogP contribution in [0.2, 0.25) is 0 Å². The molecule has 138 valence electrons. The molecule has 0 aliphatic heterocycles. The molecule has 1 heterocycles. The summed E-state index contributed by atoms with van der Waals surface area (Å²) >= 11 is 0. The number of carbonyl (C=O) groups excluding carboxylic acids is 2. The first-order chi connectivity index (χ1) is 10.5. The van der Waals surface area contributed by atoms with Crippen LogP contribution in [-0.2, 0) is 16.6 Å². The molecule has 8 heteroatoms. The highest BCUT2D eigenvalue weighted by Gasteiger charge is 2.29. The highest BCUT2D eigenvalue weighted by atomic mass is 35.5. The molecule has 1 unspecified atom stereocenters. The third kappa shape index (κ3) is 6.49. The lowest BCUT2D eigenvalue weighted by Crippen LogP contribution is -2.48. The first-order valence-electron chi connectivity index (χ1n) is 7.83. The summed E-state index contributed by atoms with van der Waals surface area (Å²) in [5.41, 5.74) is 6.50. The Morgan fingerprint density at radius 3 is 2.33 bits per heavy atom. The van der Waals surface area contributed by atoms with Crippen molar-refractivity contribution in [3.05, 3.63) is 18.0 Å². The van der Waals surface area contributed by atoms with Gasteiger partial charge in [-0.05, 0) is 11.3 Å². The molecule has 0 aliphatic carbocycles. The Balaban J connectivity index is 0.00000529. The van der Waals surface area contributed by atoms with Gasteiger partial charge in [-0.15, -0.1) is 12.4 Å². The predicted molar refractivity (Wildman–Crippen MR) is 96.6 cm³/mol. The molecule has 0 spiro atoms. The number of halogens is 1. The van der Waals surface area contributed by atoms with Gasteiger partial charge in [0.05, 0.1) is 24.8 Å². The molecule has 4 N–H and O–H groups in total. The molecule has 24 heavy (non-hydrogen) atoms. The number of nitrogens with one attached hydrogen (secondary N) is 2. The molecule has 1 aromatic rings. The Hall–Kier alpha value is -1.60. The Morgan fingerprint density at radius 2 is 1.92 bits per heavy atom. The van der Waals surface area contributed by atoms with E-state index < -0.39 is 6.04 Å². The summed E-state index contributed by atoms with van der Waals surface area (Å²) < 4.78 is 1.70. The molecule has 7 nitrogen and oxygen atoms in total. The van der Waals surface area contributed by atoms with Crippen LogP contribution in [0.1, 0.15) is 46.2 Å². The van der Waals surface area contributed by atoms with Crippen molar-refractivity contribution in [2.24, 2.45) is 24.1 Å². The lowest BCUT2D eigenvalue weighted by molar-refractivity contribution is -0.128. The molecule has 0 radical (unpaired) electrons. The van der Waals surface area contributed by atoms with Crippen molar-refractivity contribution in [1.29, 1.82) is 0 Å². The van der Waals surface area contributed by atoms with E-state index in [0.29, 0.717) is 0 Å². The van der Waals surface area contributed by atoms with Crippen LogP contribution in [0.3, 0.4) is 0 Å². The van der Waals surface area contributed by atoms with Crippen molar-refractivity contribution in [3.63, 3.8) is 0 Å². The van der Waals surface area contributed by atoms with Gasteiger partial charge in [0, 0.05) is 18.8 Å². The summed E-state index contributed by atoms with van der Waals surface area (Å²) in [7, 11) is 1.83. The third-order valence-electron chi connectivity index (χ3n) is 3.67. The van der Waals surface area contributed by atoms with Crippen LogP contribution < -0.4 is 16.4 Å². The van der Waals surface area contributed by atoms with E-state index in [1.165, 1.54) is 0 Å². The van der Waals surface area contributed by atoms with E-state index in [9.17, 15) is 9.59 Å². The standard InChI is InChI=1S/C16H29N5O2.ClH/c1-10(2)13(17)15(23)18-8-12(22)20-14(16(3,4)5)11-7-19-21(6)9-11;/h7,9-10,13-14H,8,17H2,1-6H3,(H,18,23)(H,20,22);1H/t13-,14?;/m0./s1. The van der Waals surface area contributed by atoms with E-state index in [0.717, 1.165) is 5.56 Å². The van der Waals surface area contributed by atoms with Crippen LogP contribution >= 0.6 is 12.4 Å². The fourth-order valence-corrected chi connectivity index (χ4v) is 2.19. The summed E-state index contributed by atoms with van der Waals surface area (Å²) in [6, 6.07) is -0.807.